The monoisotopic (exact) mass is 340 g/mol. The van der Waals surface area contributed by atoms with E-state index < -0.39 is 0 Å². The van der Waals surface area contributed by atoms with Gasteiger partial charge in [-0.1, -0.05) is 54.9 Å². The first-order valence-electron chi connectivity index (χ1n) is 8.55. The minimum atomic E-state index is 0.145. The van der Waals surface area contributed by atoms with Crippen LogP contribution < -0.4 is 5.32 Å². The van der Waals surface area contributed by atoms with Gasteiger partial charge in [-0.3, -0.25) is 0 Å². The molecule has 1 heterocycles. The summed E-state index contributed by atoms with van der Waals surface area (Å²) >= 11 is 6.35. The van der Waals surface area contributed by atoms with Gasteiger partial charge in [0.2, 0.25) is 0 Å². The molecule has 0 aliphatic heterocycles. The molecule has 0 aliphatic carbocycles. The zero-order chi connectivity index (χ0) is 17.2. The third-order valence-electron chi connectivity index (χ3n) is 4.81. The zero-order valence-corrected chi connectivity index (χ0v) is 15.4. The van der Waals surface area contributed by atoms with Gasteiger partial charge in [0, 0.05) is 40.8 Å². The predicted octanol–water partition coefficient (Wildman–Crippen LogP) is 5.62. The normalized spacial score (nSPS) is 12.0. The molecule has 0 bridgehead atoms. The average Bonchev–Trinajstić information content (AvgIpc) is 2.93. The molecule has 24 heavy (non-hydrogen) atoms. The first kappa shape index (κ1) is 17.1. The molecule has 3 rings (SSSR count). The van der Waals surface area contributed by atoms with Gasteiger partial charge < -0.3 is 9.88 Å². The molecule has 1 aromatic heterocycles. The third-order valence-corrected chi connectivity index (χ3v) is 5.18. The van der Waals surface area contributed by atoms with Crippen LogP contribution in [-0.4, -0.2) is 10.1 Å². The molecule has 0 amide bonds. The number of hydrogen-bond donors (Lipinski definition) is 1. The molecular weight excluding hydrogens is 316 g/mol. The standard InChI is InChI=1S/C21H25ClN2/c1-4-21(2,3)23-13-17-15-24(20-12-8-6-10-18(17)20)14-16-9-5-7-11-19(16)22/h5-12,15,23H,4,13-14H2,1-3H3. The van der Waals surface area contributed by atoms with Crippen molar-refractivity contribution in [2.45, 2.75) is 45.8 Å². The van der Waals surface area contributed by atoms with Gasteiger partial charge in [0.1, 0.15) is 0 Å². The van der Waals surface area contributed by atoms with Crippen LogP contribution in [0.3, 0.4) is 0 Å². The lowest BCUT2D eigenvalue weighted by atomic mass is 10.0. The smallest absolute Gasteiger partial charge is 0.0491 e. The van der Waals surface area contributed by atoms with E-state index in [1.165, 1.54) is 16.5 Å². The van der Waals surface area contributed by atoms with E-state index in [1.54, 1.807) is 0 Å². The highest BCUT2D eigenvalue weighted by Gasteiger charge is 2.16. The highest BCUT2D eigenvalue weighted by Crippen LogP contribution is 2.25. The van der Waals surface area contributed by atoms with E-state index >= 15 is 0 Å². The summed E-state index contributed by atoms with van der Waals surface area (Å²) in [5.41, 5.74) is 3.88. The summed E-state index contributed by atoms with van der Waals surface area (Å²) in [5.74, 6) is 0. The van der Waals surface area contributed by atoms with Crippen molar-refractivity contribution in [1.29, 1.82) is 0 Å². The van der Waals surface area contributed by atoms with Crippen molar-refractivity contribution >= 4 is 22.5 Å². The van der Waals surface area contributed by atoms with Gasteiger partial charge in [0.05, 0.1) is 0 Å². The van der Waals surface area contributed by atoms with Crippen molar-refractivity contribution in [3.05, 3.63) is 70.9 Å². The topological polar surface area (TPSA) is 17.0 Å². The Bertz CT molecular complexity index is 833. The fourth-order valence-electron chi connectivity index (χ4n) is 2.86. The Morgan fingerprint density at radius 1 is 1.00 bits per heavy atom. The quantitative estimate of drug-likeness (QED) is 0.616. The molecule has 1 N–H and O–H groups in total. The lowest BCUT2D eigenvalue weighted by Crippen LogP contribution is -2.37. The Hall–Kier alpha value is -1.77. The predicted molar refractivity (Wildman–Crippen MR) is 104 cm³/mol. The zero-order valence-electron chi connectivity index (χ0n) is 14.6. The van der Waals surface area contributed by atoms with Gasteiger partial charge in [-0.2, -0.15) is 0 Å². The van der Waals surface area contributed by atoms with Gasteiger partial charge in [-0.25, -0.2) is 0 Å². The Kier molecular flexibility index (Phi) is 4.98. The average molecular weight is 341 g/mol. The number of aromatic nitrogens is 1. The van der Waals surface area contributed by atoms with Crippen molar-refractivity contribution in [3.63, 3.8) is 0 Å². The molecule has 0 aliphatic rings. The fourth-order valence-corrected chi connectivity index (χ4v) is 3.06. The molecule has 0 fully saturated rings. The number of nitrogens with zero attached hydrogens (tertiary/aromatic N) is 1. The number of benzene rings is 2. The van der Waals surface area contributed by atoms with Gasteiger partial charge in [-0.05, 0) is 43.5 Å². The lowest BCUT2D eigenvalue weighted by molar-refractivity contribution is 0.375. The number of rotatable bonds is 6. The maximum Gasteiger partial charge on any atom is 0.0491 e. The number of fused-ring (bicyclic) bond motifs is 1. The first-order valence-corrected chi connectivity index (χ1v) is 8.93. The van der Waals surface area contributed by atoms with E-state index in [0.717, 1.165) is 30.1 Å². The molecule has 0 spiro atoms. The number of hydrogen-bond acceptors (Lipinski definition) is 1. The minimum Gasteiger partial charge on any atom is -0.343 e. The van der Waals surface area contributed by atoms with Crippen molar-refractivity contribution < 1.29 is 0 Å². The van der Waals surface area contributed by atoms with E-state index in [4.69, 9.17) is 11.6 Å². The van der Waals surface area contributed by atoms with Crippen LogP contribution in [0.25, 0.3) is 10.9 Å². The summed E-state index contributed by atoms with van der Waals surface area (Å²) < 4.78 is 2.30. The first-order chi connectivity index (χ1) is 11.5. The molecule has 2 nitrogen and oxygen atoms in total. The molecule has 0 unspecified atom stereocenters. The van der Waals surface area contributed by atoms with E-state index in [1.807, 2.05) is 18.2 Å². The van der Waals surface area contributed by atoms with Crippen molar-refractivity contribution in [2.24, 2.45) is 0 Å². The summed E-state index contributed by atoms with van der Waals surface area (Å²) in [4.78, 5) is 0. The van der Waals surface area contributed by atoms with Crippen molar-refractivity contribution in [2.75, 3.05) is 0 Å². The summed E-state index contributed by atoms with van der Waals surface area (Å²) in [6.07, 6.45) is 3.36. The molecule has 3 aromatic rings. The molecule has 126 valence electrons. The number of halogens is 1. The largest absolute Gasteiger partial charge is 0.343 e. The third kappa shape index (κ3) is 3.66. The molecule has 2 aromatic carbocycles. The highest BCUT2D eigenvalue weighted by molar-refractivity contribution is 6.31. The van der Waals surface area contributed by atoms with Crippen LogP contribution in [0, 0.1) is 0 Å². The van der Waals surface area contributed by atoms with Gasteiger partial charge in [-0.15, -0.1) is 0 Å². The Balaban J connectivity index is 1.93. The minimum absolute atomic E-state index is 0.145. The molecule has 3 heteroatoms. The fraction of sp³-hybridized carbons (Fsp3) is 0.333. The molecular formula is C21H25ClN2. The van der Waals surface area contributed by atoms with Crippen LogP contribution in [-0.2, 0) is 13.1 Å². The molecule has 0 saturated carbocycles. The summed E-state index contributed by atoms with van der Waals surface area (Å²) in [6.45, 7) is 8.37. The Morgan fingerprint density at radius 3 is 2.46 bits per heavy atom. The van der Waals surface area contributed by atoms with Crippen LogP contribution in [0.4, 0.5) is 0 Å². The second-order valence-electron chi connectivity index (χ2n) is 6.98. The van der Waals surface area contributed by atoms with Crippen LogP contribution >= 0.6 is 11.6 Å². The maximum atomic E-state index is 6.35. The summed E-state index contributed by atoms with van der Waals surface area (Å²) in [7, 11) is 0. The number of para-hydroxylation sites is 1. The SMILES string of the molecule is CCC(C)(C)NCc1cn(Cc2ccccc2Cl)c2ccccc12. The van der Waals surface area contributed by atoms with Gasteiger partial charge in [0.25, 0.3) is 0 Å². The van der Waals surface area contributed by atoms with E-state index in [0.29, 0.717) is 0 Å². The molecule has 0 atom stereocenters. The number of nitrogens with one attached hydrogen (secondary N) is 1. The van der Waals surface area contributed by atoms with Crippen molar-refractivity contribution in [1.82, 2.24) is 9.88 Å². The summed E-state index contributed by atoms with van der Waals surface area (Å²) in [6, 6.07) is 16.6. The van der Waals surface area contributed by atoms with Gasteiger partial charge >= 0.3 is 0 Å². The highest BCUT2D eigenvalue weighted by atomic mass is 35.5. The van der Waals surface area contributed by atoms with E-state index in [9.17, 15) is 0 Å². The maximum absolute atomic E-state index is 6.35. The van der Waals surface area contributed by atoms with Crippen LogP contribution in [0.2, 0.25) is 5.02 Å². The Morgan fingerprint density at radius 2 is 1.71 bits per heavy atom. The van der Waals surface area contributed by atoms with Crippen molar-refractivity contribution in [3.8, 4) is 0 Å². The van der Waals surface area contributed by atoms with Gasteiger partial charge in [0.15, 0.2) is 0 Å². The van der Waals surface area contributed by atoms with Crippen LogP contribution in [0.1, 0.15) is 38.3 Å². The lowest BCUT2D eigenvalue weighted by Gasteiger charge is -2.24. The van der Waals surface area contributed by atoms with E-state index in [-0.39, 0.29) is 5.54 Å². The van der Waals surface area contributed by atoms with E-state index in [2.05, 4.69) is 67.2 Å². The second-order valence-corrected chi connectivity index (χ2v) is 7.39. The van der Waals surface area contributed by atoms with Crippen LogP contribution in [0.15, 0.2) is 54.7 Å². The summed E-state index contributed by atoms with van der Waals surface area (Å²) in [5, 5.41) is 5.80. The van der Waals surface area contributed by atoms with Crippen LogP contribution in [0.5, 0.6) is 0 Å². The molecule has 0 saturated heterocycles. The molecule has 0 radical (unpaired) electrons. The second kappa shape index (κ2) is 7.00. The Labute approximate surface area is 149 Å².